The standard InChI is InChI=1S/C20H30FN3O3/c21-15-9-22-11-23-20(15)24-16-10-27-19(18(26)17(16)25)14-6-5-13(8-14)7-12-3-1-2-4-12/h9,11-14,16-19,25-26H,1-8,10H2,(H,22,23,24)/t13?,14?,16-,17-,18-,19-/m1/s1. The van der Waals surface area contributed by atoms with Crippen molar-refractivity contribution in [3.8, 4) is 0 Å². The van der Waals surface area contributed by atoms with Gasteiger partial charge in [-0.25, -0.2) is 14.4 Å². The highest BCUT2D eigenvalue weighted by molar-refractivity contribution is 5.36. The van der Waals surface area contributed by atoms with Crippen molar-refractivity contribution >= 4 is 5.82 Å². The lowest BCUT2D eigenvalue weighted by molar-refractivity contribution is -0.158. The van der Waals surface area contributed by atoms with Gasteiger partial charge in [0.05, 0.1) is 24.9 Å². The zero-order valence-corrected chi connectivity index (χ0v) is 15.6. The molecule has 6 nitrogen and oxygen atoms in total. The van der Waals surface area contributed by atoms with E-state index in [1.807, 2.05) is 0 Å². The van der Waals surface area contributed by atoms with E-state index in [0.29, 0.717) is 0 Å². The molecule has 1 aromatic heterocycles. The molecule has 6 atom stereocenters. The Hall–Kier alpha value is -1.31. The summed E-state index contributed by atoms with van der Waals surface area (Å²) in [6.07, 6.45) is 10.1. The number of nitrogens with one attached hydrogen (secondary N) is 1. The highest BCUT2D eigenvalue weighted by Crippen LogP contribution is 2.42. The summed E-state index contributed by atoms with van der Waals surface area (Å²) in [5, 5.41) is 24.0. The number of anilines is 1. The highest BCUT2D eigenvalue weighted by atomic mass is 19.1. The molecule has 2 heterocycles. The molecule has 0 bridgehead atoms. The van der Waals surface area contributed by atoms with Gasteiger partial charge in [-0.05, 0) is 37.0 Å². The molecule has 0 aromatic carbocycles. The molecule has 4 rings (SSSR count). The first-order valence-corrected chi connectivity index (χ1v) is 10.3. The Kier molecular flexibility index (Phi) is 5.90. The average molecular weight is 379 g/mol. The fourth-order valence-corrected chi connectivity index (χ4v) is 5.32. The van der Waals surface area contributed by atoms with E-state index in [1.165, 1.54) is 44.9 Å². The minimum atomic E-state index is -1.02. The second-order valence-electron chi connectivity index (χ2n) is 8.57. The van der Waals surface area contributed by atoms with Crippen LogP contribution in [0.1, 0.15) is 51.4 Å². The molecule has 2 aliphatic carbocycles. The maximum Gasteiger partial charge on any atom is 0.183 e. The Balaban J connectivity index is 1.32. The summed E-state index contributed by atoms with van der Waals surface area (Å²) in [5.41, 5.74) is 0. The van der Waals surface area contributed by atoms with Gasteiger partial charge in [-0.15, -0.1) is 0 Å². The van der Waals surface area contributed by atoms with Crippen molar-refractivity contribution in [3.05, 3.63) is 18.3 Å². The molecule has 3 N–H and O–H groups in total. The number of rotatable bonds is 5. The highest BCUT2D eigenvalue weighted by Gasteiger charge is 2.44. The Bertz CT molecular complexity index is 628. The summed E-state index contributed by atoms with van der Waals surface area (Å²) in [6.45, 7) is 0.218. The van der Waals surface area contributed by atoms with Gasteiger partial charge in [-0.3, -0.25) is 0 Å². The van der Waals surface area contributed by atoms with E-state index >= 15 is 0 Å². The number of hydrogen-bond acceptors (Lipinski definition) is 6. The molecule has 150 valence electrons. The molecule has 0 amide bonds. The second kappa shape index (κ2) is 8.37. The topological polar surface area (TPSA) is 87.5 Å². The third-order valence-electron chi connectivity index (χ3n) is 6.74. The van der Waals surface area contributed by atoms with Crippen LogP contribution in [0.2, 0.25) is 0 Å². The van der Waals surface area contributed by atoms with Crippen LogP contribution < -0.4 is 5.32 Å². The van der Waals surface area contributed by atoms with Gasteiger partial charge in [0.1, 0.15) is 18.5 Å². The van der Waals surface area contributed by atoms with Crippen LogP contribution in [0.15, 0.2) is 12.5 Å². The molecule has 2 unspecified atom stereocenters. The molecule has 1 aliphatic heterocycles. The van der Waals surface area contributed by atoms with Crippen molar-refractivity contribution < 1.29 is 19.3 Å². The smallest absolute Gasteiger partial charge is 0.183 e. The number of halogens is 1. The number of aliphatic hydroxyl groups excluding tert-OH is 2. The van der Waals surface area contributed by atoms with Crippen LogP contribution in [-0.2, 0) is 4.74 Å². The van der Waals surface area contributed by atoms with Gasteiger partial charge in [0.15, 0.2) is 11.6 Å². The lowest BCUT2D eigenvalue weighted by Gasteiger charge is -2.40. The van der Waals surface area contributed by atoms with Crippen LogP contribution in [-0.4, -0.2) is 51.1 Å². The van der Waals surface area contributed by atoms with Crippen molar-refractivity contribution in [2.45, 2.75) is 75.7 Å². The summed E-state index contributed by atoms with van der Waals surface area (Å²) in [6, 6.07) is -0.601. The fraction of sp³-hybridized carbons (Fsp3) is 0.800. The van der Waals surface area contributed by atoms with Crippen molar-refractivity contribution in [2.24, 2.45) is 17.8 Å². The van der Waals surface area contributed by atoms with E-state index in [4.69, 9.17) is 4.74 Å². The maximum absolute atomic E-state index is 13.7. The van der Waals surface area contributed by atoms with E-state index in [2.05, 4.69) is 15.3 Å². The number of ether oxygens (including phenoxy) is 1. The van der Waals surface area contributed by atoms with Gasteiger partial charge < -0.3 is 20.3 Å². The first-order chi connectivity index (χ1) is 13.1. The number of nitrogens with zero attached hydrogens (tertiary/aromatic N) is 2. The van der Waals surface area contributed by atoms with Crippen LogP contribution >= 0.6 is 0 Å². The lowest BCUT2D eigenvalue weighted by Crippen LogP contribution is -2.57. The number of aromatic nitrogens is 2. The quantitative estimate of drug-likeness (QED) is 0.729. The monoisotopic (exact) mass is 379 g/mol. The first-order valence-electron chi connectivity index (χ1n) is 10.3. The van der Waals surface area contributed by atoms with Crippen LogP contribution in [0.25, 0.3) is 0 Å². The average Bonchev–Trinajstić information content (AvgIpc) is 3.34. The lowest BCUT2D eigenvalue weighted by atomic mass is 9.86. The Morgan fingerprint density at radius 3 is 2.70 bits per heavy atom. The molecule has 7 heteroatoms. The van der Waals surface area contributed by atoms with E-state index in [0.717, 1.165) is 30.9 Å². The van der Waals surface area contributed by atoms with E-state index in [1.54, 1.807) is 0 Å². The molecule has 27 heavy (non-hydrogen) atoms. The van der Waals surface area contributed by atoms with Crippen LogP contribution in [0.3, 0.4) is 0 Å². The third kappa shape index (κ3) is 4.25. The SMILES string of the molecule is O[C@@H]1[C@H](O)[C@H](Nc2ncncc2F)CO[C@@H]1C1CCC(CC2CCCC2)C1. The molecule has 1 saturated heterocycles. The number of aliphatic hydroxyl groups is 2. The summed E-state index contributed by atoms with van der Waals surface area (Å²) in [5.74, 6) is 1.32. The molecule has 1 aromatic rings. The van der Waals surface area contributed by atoms with Crippen molar-refractivity contribution in [2.75, 3.05) is 11.9 Å². The van der Waals surface area contributed by atoms with Gasteiger partial charge in [0.2, 0.25) is 0 Å². The van der Waals surface area contributed by atoms with Crippen molar-refractivity contribution in [1.82, 2.24) is 9.97 Å². The maximum atomic E-state index is 13.7. The minimum absolute atomic E-state index is 0.0146. The Morgan fingerprint density at radius 1 is 1.11 bits per heavy atom. The summed E-state index contributed by atoms with van der Waals surface area (Å²) in [4.78, 5) is 7.45. The van der Waals surface area contributed by atoms with Gasteiger partial charge in [0.25, 0.3) is 0 Å². The summed E-state index contributed by atoms with van der Waals surface area (Å²) in [7, 11) is 0. The largest absolute Gasteiger partial charge is 0.388 e. The molecule has 2 saturated carbocycles. The minimum Gasteiger partial charge on any atom is -0.388 e. The van der Waals surface area contributed by atoms with E-state index in [-0.39, 0.29) is 24.4 Å². The van der Waals surface area contributed by atoms with E-state index < -0.39 is 24.1 Å². The summed E-state index contributed by atoms with van der Waals surface area (Å²) >= 11 is 0. The van der Waals surface area contributed by atoms with Crippen LogP contribution in [0.5, 0.6) is 0 Å². The van der Waals surface area contributed by atoms with Gasteiger partial charge in [-0.1, -0.05) is 32.1 Å². The van der Waals surface area contributed by atoms with Gasteiger partial charge in [0, 0.05) is 0 Å². The van der Waals surface area contributed by atoms with Crippen molar-refractivity contribution in [1.29, 1.82) is 0 Å². The predicted molar refractivity (Wildman–Crippen MR) is 98.6 cm³/mol. The van der Waals surface area contributed by atoms with Gasteiger partial charge >= 0.3 is 0 Å². The zero-order chi connectivity index (χ0) is 18.8. The predicted octanol–water partition coefficient (Wildman–Crippen LogP) is 2.51. The summed E-state index contributed by atoms with van der Waals surface area (Å²) < 4.78 is 19.7. The molecular formula is C20H30FN3O3. The van der Waals surface area contributed by atoms with Crippen molar-refractivity contribution in [3.63, 3.8) is 0 Å². The molecule has 3 fully saturated rings. The van der Waals surface area contributed by atoms with Crippen LogP contribution in [0.4, 0.5) is 10.2 Å². The van der Waals surface area contributed by atoms with Gasteiger partial charge in [-0.2, -0.15) is 0 Å². The molecule has 0 spiro atoms. The normalized spacial score (nSPS) is 37.6. The molecule has 3 aliphatic rings. The Labute approximate surface area is 159 Å². The Morgan fingerprint density at radius 2 is 1.93 bits per heavy atom. The third-order valence-corrected chi connectivity index (χ3v) is 6.74. The molecule has 0 radical (unpaired) electrons. The van der Waals surface area contributed by atoms with Crippen LogP contribution in [0, 0.1) is 23.6 Å². The number of hydrogen-bond donors (Lipinski definition) is 3. The van der Waals surface area contributed by atoms with E-state index in [9.17, 15) is 14.6 Å². The zero-order valence-electron chi connectivity index (χ0n) is 15.6. The fourth-order valence-electron chi connectivity index (χ4n) is 5.32. The first kappa shape index (κ1) is 19.0. The second-order valence-corrected chi connectivity index (χ2v) is 8.57. The molecular weight excluding hydrogens is 349 g/mol.